The van der Waals surface area contributed by atoms with Gasteiger partial charge in [-0.25, -0.2) is 8.78 Å². The lowest BCUT2D eigenvalue weighted by molar-refractivity contribution is -0.140. The first kappa shape index (κ1) is 37.1. The number of aryl methyl sites for hydroxylation is 1. The maximum Gasteiger partial charge on any atom is 0.416 e. The number of halogens is 6. The van der Waals surface area contributed by atoms with E-state index < -0.39 is 41.1 Å². The Balaban J connectivity index is 0.000000399. The van der Waals surface area contributed by atoms with Crippen molar-refractivity contribution in [3.63, 3.8) is 0 Å². The van der Waals surface area contributed by atoms with E-state index in [9.17, 15) is 22.4 Å². The monoisotopic (exact) mass is 779 g/mol. The van der Waals surface area contributed by atoms with Crippen molar-refractivity contribution >= 4 is 29.0 Å². The van der Waals surface area contributed by atoms with Gasteiger partial charge in [-0.3, -0.25) is 14.4 Å². The number of nitrogen functional groups attached to an aromatic ring is 1. The van der Waals surface area contributed by atoms with Gasteiger partial charge < -0.3 is 30.7 Å². The van der Waals surface area contributed by atoms with Gasteiger partial charge in [-0.1, -0.05) is 11.6 Å². The molecule has 12 nitrogen and oxygen atoms in total. The van der Waals surface area contributed by atoms with E-state index in [2.05, 4.69) is 20.0 Å². The summed E-state index contributed by atoms with van der Waals surface area (Å²) in [5.41, 5.74) is 11.2. The molecule has 2 aromatic heterocycles. The molecule has 1 aromatic carbocycles. The zero-order valence-electron chi connectivity index (χ0n) is 29.8. The van der Waals surface area contributed by atoms with E-state index in [4.69, 9.17) is 32.5 Å². The lowest BCUT2D eigenvalue weighted by Crippen LogP contribution is -2.54. The Bertz CT molecular complexity index is 1940. The fraction of sp³-hybridized carbons (Fsp3) is 0.611. The van der Waals surface area contributed by atoms with Gasteiger partial charge in [-0.05, 0) is 63.1 Å². The molecule has 5 aliphatic heterocycles. The van der Waals surface area contributed by atoms with Gasteiger partial charge in [-0.15, -0.1) is 0 Å². The average Bonchev–Trinajstić information content (AvgIpc) is 3.82. The number of hydrogen-bond donors (Lipinski definition) is 2. The number of ether oxygens (including phenoxy) is 2. The number of nitrogens with zero attached hydrogens (tertiary/aromatic N) is 7. The summed E-state index contributed by atoms with van der Waals surface area (Å²) in [6.07, 6.45) is -0.965. The number of likely N-dealkylation sites (tertiary alicyclic amines) is 1. The van der Waals surface area contributed by atoms with E-state index in [-0.39, 0.29) is 53.7 Å². The summed E-state index contributed by atoms with van der Waals surface area (Å²) in [5, 5.41) is 4.84. The number of amides is 1. The molecule has 5 atom stereocenters. The van der Waals surface area contributed by atoms with Crippen molar-refractivity contribution in [1.82, 2.24) is 29.5 Å². The Kier molecular flexibility index (Phi) is 9.66. The van der Waals surface area contributed by atoms with Gasteiger partial charge in [0, 0.05) is 61.9 Å². The first-order chi connectivity index (χ1) is 25.7. The van der Waals surface area contributed by atoms with Crippen molar-refractivity contribution in [3.05, 3.63) is 56.7 Å². The van der Waals surface area contributed by atoms with Gasteiger partial charge in [0.05, 0.1) is 54.0 Å². The van der Waals surface area contributed by atoms with Crippen LogP contribution in [0.4, 0.5) is 33.5 Å². The largest absolute Gasteiger partial charge is 0.467 e. The van der Waals surface area contributed by atoms with Gasteiger partial charge in [0.15, 0.2) is 11.5 Å². The van der Waals surface area contributed by atoms with Crippen molar-refractivity contribution in [3.8, 4) is 6.01 Å². The molecule has 3 aromatic rings. The topological polar surface area (TPSA) is 141 Å². The standard InChI is InChI=1S/C29H31ClF4N8O3.C7H12FN/c1-44-27-37-18-9-20(21-16(29(32,33)34)3-4-17(35)23(21)31)45-12-15(18)25(38-27)40-7-2-8-42-19(11-40)22(30)24(39-42)26(43)41-10-14-5-6-28(14,36)13-41;8-6-4-7-2-1-3-9(7)5-6/h3-4,14,20H,2,5-13,35-36H2,1H3;6-7H,1-5H2. The predicted octanol–water partition coefficient (Wildman–Crippen LogP) is 5.06. The van der Waals surface area contributed by atoms with Crippen LogP contribution in [0.1, 0.15) is 83.2 Å². The molecule has 292 valence electrons. The van der Waals surface area contributed by atoms with Gasteiger partial charge >= 0.3 is 12.2 Å². The van der Waals surface area contributed by atoms with E-state index in [0.717, 1.165) is 37.9 Å². The van der Waals surface area contributed by atoms with Gasteiger partial charge in [-0.2, -0.15) is 28.2 Å². The lowest BCUT2D eigenvalue weighted by Gasteiger charge is -2.39. The number of carbonyl (C=O) groups excluding carboxylic acids is 1. The molecule has 54 heavy (non-hydrogen) atoms. The molecule has 0 bridgehead atoms. The van der Waals surface area contributed by atoms with E-state index in [1.165, 1.54) is 20.0 Å². The highest BCUT2D eigenvalue weighted by Gasteiger charge is 2.52. The second kappa shape index (κ2) is 14.0. The Hall–Kier alpha value is -3.80. The number of anilines is 2. The maximum absolute atomic E-state index is 15.1. The molecular weight excluding hydrogens is 737 g/mol. The number of fused-ring (bicyclic) bond motifs is 4. The Morgan fingerprint density at radius 2 is 1.94 bits per heavy atom. The van der Waals surface area contributed by atoms with Gasteiger partial charge in [0.2, 0.25) is 0 Å². The van der Waals surface area contributed by atoms with E-state index in [0.29, 0.717) is 68.0 Å². The van der Waals surface area contributed by atoms with Gasteiger partial charge in [0.25, 0.3) is 5.91 Å². The first-order valence-electron chi connectivity index (χ1n) is 18.4. The van der Waals surface area contributed by atoms with Crippen LogP contribution in [0.5, 0.6) is 6.01 Å². The first-order valence-corrected chi connectivity index (χ1v) is 18.8. The molecule has 4 N–H and O–H groups in total. The van der Waals surface area contributed by atoms with E-state index >= 15 is 4.39 Å². The number of aromatic nitrogens is 4. The number of hydrogen-bond acceptors (Lipinski definition) is 10. The number of nitrogens with two attached hydrogens (primary N) is 2. The summed E-state index contributed by atoms with van der Waals surface area (Å²) in [7, 11) is 1.38. The third-order valence-electron chi connectivity index (χ3n) is 12.0. The van der Waals surface area contributed by atoms with Crippen LogP contribution < -0.4 is 21.1 Å². The minimum absolute atomic E-state index is 0.00686. The SMILES string of the molecule is COc1nc2c(c(N3CCCn4nc(C(=O)N5CC6CCC6(N)C5)c(Cl)c4C3)n1)COC(c1c(C(F)(F)F)ccc(N)c1F)C2.FC1CC2CCCN2C1. The quantitative estimate of drug-likeness (QED) is 0.273. The molecule has 0 spiro atoms. The summed E-state index contributed by atoms with van der Waals surface area (Å²) in [5.74, 6) is -0.700. The van der Waals surface area contributed by atoms with Crippen LogP contribution in [0, 0.1) is 11.7 Å². The fourth-order valence-corrected chi connectivity index (χ4v) is 9.23. The molecule has 4 fully saturated rings. The number of benzene rings is 1. The smallest absolute Gasteiger partial charge is 0.416 e. The van der Waals surface area contributed by atoms with Crippen molar-refractivity contribution in [1.29, 1.82) is 0 Å². The molecule has 1 amide bonds. The minimum Gasteiger partial charge on any atom is -0.467 e. The van der Waals surface area contributed by atoms with Crippen molar-refractivity contribution in [2.24, 2.45) is 11.7 Å². The molecule has 0 radical (unpaired) electrons. The van der Waals surface area contributed by atoms with Crippen LogP contribution in [-0.2, 0) is 37.0 Å². The highest BCUT2D eigenvalue weighted by Crippen LogP contribution is 2.45. The number of carbonyl (C=O) groups is 1. The summed E-state index contributed by atoms with van der Waals surface area (Å²) >= 11 is 6.82. The van der Waals surface area contributed by atoms with Crippen LogP contribution in [0.15, 0.2) is 12.1 Å². The second-order valence-corrected chi connectivity index (χ2v) is 15.7. The van der Waals surface area contributed by atoms with Crippen LogP contribution in [0.2, 0.25) is 5.02 Å². The molecular formula is C36H43ClF5N9O3. The number of rotatable bonds is 4. The Morgan fingerprint density at radius 3 is 2.63 bits per heavy atom. The third kappa shape index (κ3) is 6.64. The summed E-state index contributed by atoms with van der Waals surface area (Å²) in [6, 6.07) is 2.25. The van der Waals surface area contributed by atoms with Crippen molar-refractivity contribution < 1.29 is 36.2 Å². The zero-order chi connectivity index (χ0) is 38.1. The summed E-state index contributed by atoms with van der Waals surface area (Å²) < 4.78 is 82.2. The summed E-state index contributed by atoms with van der Waals surface area (Å²) in [4.78, 5) is 28.4. The van der Waals surface area contributed by atoms with Crippen LogP contribution in [0.3, 0.4) is 0 Å². The maximum atomic E-state index is 15.1. The van der Waals surface area contributed by atoms with Crippen molar-refractivity contribution in [2.45, 2.75) is 94.7 Å². The minimum atomic E-state index is -4.82. The van der Waals surface area contributed by atoms with E-state index in [1.54, 1.807) is 9.58 Å². The Labute approximate surface area is 313 Å². The van der Waals surface area contributed by atoms with Gasteiger partial charge in [0.1, 0.15) is 12.0 Å². The molecule has 9 rings (SSSR count). The van der Waals surface area contributed by atoms with Crippen LogP contribution in [0.25, 0.3) is 0 Å². The molecule has 7 heterocycles. The third-order valence-corrected chi connectivity index (χ3v) is 12.4. The highest BCUT2D eigenvalue weighted by molar-refractivity contribution is 6.34. The van der Waals surface area contributed by atoms with Crippen LogP contribution >= 0.6 is 11.6 Å². The second-order valence-electron chi connectivity index (χ2n) is 15.3. The molecule has 5 unspecified atom stereocenters. The molecule has 6 aliphatic rings. The highest BCUT2D eigenvalue weighted by atomic mass is 35.5. The number of methoxy groups -OCH3 is 1. The van der Waals surface area contributed by atoms with Crippen LogP contribution in [-0.4, -0.2) is 93.0 Å². The normalized spacial score (nSPS) is 27.6. The molecule has 18 heteroatoms. The fourth-order valence-electron chi connectivity index (χ4n) is 8.96. The zero-order valence-corrected chi connectivity index (χ0v) is 30.6. The number of alkyl halides is 4. The molecule has 1 saturated carbocycles. The lowest BCUT2D eigenvalue weighted by atomic mass is 9.70. The average molecular weight is 780 g/mol. The molecule has 3 saturated heterocycles. The Morgan fingerprint density at radius 1 is 1.13 bits per heavy atom. The molecule has 1 aliphatic carbocycles. The predicted molar refractivity (Wildman–Crippen MR) is 188 cm³/mol. The van der Waals surface area contributed by atoms with E-state index in [1.807, 2.05) is 4.90 Å². The van der Waals surface area contributed by atoms with Crippen molar-refractivity contribution in [2.75, 3.05) is 50.5 Å². The summed E-state index contributed by atoms with van der Waals surface area (Å²) in [6.45, 7) is 3.98.